The molecule has 0 unspecified atom stereocenters. The predicted octanol–water partition coefficient (Wildman–Crippen LogP) is 4.87. The van der Waals surface area contributed by atoms with E-state index >= 15 is 0 Å². The number of aromatic nitrogens is 3. The van der Waals surface area contributed by atoms with Gasteiger partial charge in [-0.05, 0) is 36.6 Å². The standard InChI is InChI=1S/C24H26F2N6/c1-15-30-20-9-16(5-8-21(20)32(15)4)23-19(7-6-18(12-28)31-23)17(11-27)13-29-14-24(2,3)10-22(25)26/h5-9,11,13,22H,10,14,27H2,1-4H3. The third-order valence-corrected chi connectivity index (χ3v) is 5.33. The first-order valence-corrected chi connectivity index (χ1v) is 10.2. The van der Waals surface area contributed by atoms with Gasteiger partial charge in [0, 0.05) is 49.1 Å². The molecule has 2 aromatic heterocycles. The van der Waals surface area contributed by atoms with Gasteiger partial charge < -0.3 is 10.3 Å². The van der Waals surface area contributed by atoms with Gasteiger partial charge in [0.05, 0.1) is 16.7 Å². The smallest absolute Gasteiger partial charge is 0.239 e. The summed E-state index contributed by atoms with van der Waals surface area (Å²) in [6.45, 7) is 5.66. The maximum Gasteiger partial charge on any atom is 0.239 e. The lowest BCUT2D eigenvalue weighted by atomic mass is 9.90. The number of imidazole rings is 1. The van der Waals surface area contributed by atoms with Crippen LogP contribution in [0.1, 0.15) is 37.4 Å². The molecular weight excluding hydrogens is 410 g/mol. The molecule has 1 aromatic carbocycles. The fourth-order valence-electron chi connectivity index (χ4n) is 3.52. The third kappa shape index (κ3) is 4.99. The Bertz CT molecular complexity index is 1230. The zero-order valence-electron chi connectivity index (χ0n) is 18.6. The molecule has 0 atom stereocenters. The number of nitriles is 1. The average Bonchev–Trinajstić information content (AvgIpc) is 3.03. The van der Waals surface area contributed by atoms with E-state index in [1.165, 1.54) is 6.20 Å². The maximum absolute atomic E-state index is 12.8. The van der Waals surface area contributed by atoms with Crippen molar-refractivity contribution in [2.24, 2.45) is 23.2 Å². The lowest BCUT2D eigenvalue weighted by Crippen LogP contribution is -2.19. The summed E-state index contributed by atoms with van der Waals surface area (Å²) in [5.74, 6) is 0.886. The van der Waals surface area contributed by atoms with Crippen molar-refractivity contribution in [3.63, 3.8) is 0 Å². The van der Waals surface area contributed by atoms with Crippen molar-refractivity contribution >= 4 is 22.8 Å². The number of benzene rings is 1. The fourth-order valence-corrected chi connectivity index (χ4v) is 3.52. The Balaban J connectivity index is 2.02. The van der Waals surface area contributed by atoms with E-state index in [1.807, 2.05) is 36.7 Å². The minimum absolute atomic E-state index is 0.229. The normalized spacial score (nSPS) is 12.8. The molecule has 0 aliphatic heterocycles. The van der Waals surface area contributed by atoms with Crippen LogP contribution in [0.4, 0.5) is 8.78 Å². The number of fused-ring (bicyclic) bond motifs is 1. The Morgan fingerprint density at radius 2 is 2.03 bits per heavy atom. The van der Waals surface area contributed by atoms with Crippen LogP contribution in [0.2, 0.25) is 0 Å². The highest BCUT2D eigenvalue weighted by atomic mass is 19.3. The number of halogens is 2. The van der Waals surface area contributed by atoms with Gasteiger partial charge in [0.1, 0.15) is 17.6 Å². The van der Waals surface area contributed by atoms with Crippen LogP contribution in [-0.2, 0) is 7.05 Å². The van der Waals surface area contributed by atoms with Gasteiger partial charge in [-0.25, -0.2) is 18.7 Å². The molecule has 2 heterocycles. The summed E-state index contributed by atoms with van der Waals surface area (Å²) in [6, 6.07) is 11.3. The van der Waals surface area contributed by atoms with E-state index in [9.17, 15) is 14.0 Å². The topological polar surface area (TPSA) is 92.9 Å². The monoisotopic (exact) mass is 436 g/mol. The minimum atomic E-state index is -2.39. The molecule has 0 fully saturated rings. The van der Waals surface area contributed by atoms with Crippen molar-refractivity contribution in [2.75, 3.05) is 6.54 Å². The molecule has 0 aliphatic rings. The number of aliphatic imine (C=N–C) groups is 1. The van der Waals surface area contributed by atoms with Crippen LogP contribution >= 0.6 is 0 Å². The Labute approximate surface area is 186 Å². The first kappa shape index (κ1) is 23.1. The van der Waals surface area contributed by atoms with E-state index in [0.717, 1.165) is 22.4 Å². The second-order valence-corrected chi connectivity index (χ2v) is 8.48. The highest BCUT2D eigenvalue weighted by molar-refractivity contribution is 6.12. The summed E-state index contributed by atoms with van der Waals surface area (Å²) in [5.41, 5.74) is 9.95. The van der Waals surface area contributed by atoms with E-state index in [0.29, 0.717) is 16.8 Å². The number of alkyl halides is 2. The lowest BCUT2D eigenvalue weighted by molar-refractivity contribution is 0.0908. The Morgan fingerprint density at radius 3 is 2.69 bits per heavy atom. The van der Waals surface area contributed by atoms with Crippen LogP contribution < -0.4 is 5.73 Å². The van der Waals surface area contributed by atoms with Gasteiger partial charge in [-0.3, -0.25) is 4.99 Å². The molecule has 32 heavy (non-hydrogen) atoms. The van der Waals surface area contributed by atoms with Crippen molar-refractivity contribution in [1.82, 2.24) is 14.5 Å². The highest BCUT2D eigenvalue weighted by Crippen LogP contribution is 2.30. The third-order valence-electron chi connectivity index (χ3n) is 5.33. The van der Waals surface area contributed by atoms with Gasteiger partial charge in [0.25, 0.3) is 0 Å². The largest absolute Gasteiger partial charge is 0.404 e. The molecule has 0 saturated carbocycles. The SMILES string of the molecule is Cc1nc2cc(-c3nc(C#N)ccc3C(C=NCC(C)(C)CC(F)F)=CN)ccc2n1C. The molecule has 2 N–H and O–H groups in total. The van der Waals surface area contributed by atoms with Crippen molar-refractivity contribution in [3.8, 4) is 17.3 Å². The van der Waals surface area contributed by atoms with Crippen LogP contribution in [0.25, 0.3) is 27.9 Å². The van der Waals surface area contributed by atoms with Crippen molar-refractivity contribution in [2.45, 2.75) is 33.6 Å². The van der Waals surface area contributed by atoms with E-state index in [-0.39, 0.29) is 18.7 Å². The number of hydrogen-bond donors (Lipinski definition) is 1. The highest BCUT2D eigenvalue weighted by Gasteiger charge is 2.22. The summed E-state index contributed by atoms with van der Waals surface area (Å²) < 4.78 is 27.5. The Hall–Kier alpha value is -3.60. The van der Waals surface area contributed by atoms with E-state index in [1.54, 1.807) is 32.2 Å². The molecule has 0 aliphatic carbocycles. The zero-order chi connectivity index (χ0) is 23.5. The number of allylic oxidation sites excluding steroid dienone is 1. The van der Waals surface area contributed by atoms with Crippen LogP contribution in [0.5, 0.6) is 0 Å². The first-order chi connectivity index (χ1) is 15.1. The van der Waals surface area contributed by atoms with E-state index < -0.39 is 11.8 Å². The van der Waals surface area contributed by atoms with Crippen LogP contribution in [0.15, 0.2) is 41.5 Å². The van der Waals surface area contributed by atoms with Gasteiger partial charge in [-0.1, -0.05) is 19.9 Å². The van der Waals surface area contributed by atoms with Gasteiger partial charge in [-0.2, -0.15) is 5.26 Å². The van der Waals surface area contributed by atoms with Crippen LogP contribution in [0.3, 0.4) is 0 Å². The lowest BCUT2D eigenvalue weighted by Gasteiger charge is -2.21. The molecule has 6 nitrogen and oxygen atoms in total. The summed E-state index contributed by atoms with van der Waals surface area (Å²) in [5, 5.41) is 9.35. The molecule has 0 amide bonds. The minimum Gasteiger partial charge on any atom is -0.404 e. The number of hydrogen-bond acceptors (Lipinski definition) is 5. The molecule has 166 valence electrons. The van der Waals surface area contributed by atoms with Gasteiger partial charge in [0.15, 0.2) is 0 Å². The Kier molecular flexibility index (Phi) is 6.68. The maximum atomic E-state index is 12.8. The molecule has 0 radical (unpaired) electrons. The van der Waals surface area contributed by atoms with Crippen LogP contribution in [0, 0.1) is 23.7 Å². The van der Waals surface area contributed by atoms with E-state index in [4.69, 9.17) is 5.73 Å². The Morgan fingerprint density at radius 1 is 1.28 bits per heavy atom. The summed E-state index contributed by atoms with van der Waals surface area (Å²) in [7, 11) is 1.95. The van der Waals surface area contributed by atoms with E-state index in [2.05, 4.69) is 21.0 Å². The molecule has 3 aromatic rings. The molecule has 8 heteroatoms. The number of aryl methyl sites for hydroxylation is 2. The number of pyridine rings is 1. The quantitative estimate of drug-likeness (QED) is 0.535. The fraction of sp³-hybridized carbons (Fsp3) is 0.333. The second-order valence-electron chi connectivity index (χ2n) is 8.48. The van der Waals surface area contributed by atoms with Gasteiger partial charge in [-0.15, -0.1) is 0 Å². The zero-order valence-corrected chi connectivity index (χ0v) is 18.6. The second kappa shape index (κ2) is 9.27. The number of nitrogens with zero attached hydrogens (tertiary/aromatic N) is 5. The summed E-state index contributed by atoms with van der Waals surface area (Å²) >= 11 is 0. The molecule has 0 spiro atoms. The van der Waals surface area contributed by atoms with Crippen molar-refractivity contribution in [3.05, 3.63) is 53.6 Å². The van der Waals surface area contributed by atoms with Crippen molar-refractivity contribution < 1.29 is 8.78 Å². The molecule has 3 rings (SSSR count). The van der Waals surface area contributed by atoms with Gasteiger partial charge >= 0.3 is 0 Å². The summed E-state index contributed by atoms with van der Waals surface area (Å²) in [6.07, 6.45) is 0.353. The van der Waals surface area contributed by atoms with Gasteiger partial charge in [0.2, 0.25) is 6.43 Å². The van der Waals surface area contributed by atoms with Crippen molar-refractivity contribution in [1.29, 1.82) is 5.26 Å². The molecule has 0 saturated heterocycles. The number of rotatable bonds is 7. The molecule has 0 bridgehead atoms. The predicted molar refractivity (Wildman–Crippen MR) is 123 cm³/mol. The summed E-state index contributed by atoms with van der Waals surface area (Å²) in [4.78, 5) is 13.5. The first-order valence-electron chi connectivity index (χ1n) is 10.2. The number of nitrogens with two attached hydrogens (primary N) is 1. The van der Waals surface area contributed by atoms with Crippen LogP contribution in [-0.4, -0.2) is 33.7 Å². The average molecular weight is 437 g/mol. The molecular formula is C24H26F2N6.